The number of aromatic nitrogens is 1. The lowest BCUT2D eigenvalue weighted by molar-refractivity contribution is 0.245. The van der Waals surface area contributed by atoms with Crippen molar-refractivity contribution in [3.63, 3.8) is 0 Å². The number of nitrogens with two attached hydrogens (primary N) is 1. The van der Waals surface area contributed by atoms with Crippen molar-refractivity contribution in [3.8, 4) is 0 Å². The highest BCUT2D eigenvalue weighted by Gasteiger charge is 2.39. The summed E-state index contributed by atoms with van der Waals surface area (Å²) >= 11 is 0. The van der Waals surface area contributed by atoms with Crippen LogP contribution in [0.1, 0.15) is 30.5 Å². The second kappa shape index (κ2) is 3.82. The predicted molar refractivity (Wildman–Crippen MR) is 72.2 cm³/mol. The zero-order valence-electron chi connectivity index (χ0n) is 11.0. The number of rotatable bonds is 2. The summed E-state index contributed by atoms with van der Waals surface area (Å²) in [6.07, 6.45) is 3.18. The first-order valence-electron chi connectivity index (χ1n) is 6.54. The van der Waals surface area contributed by atoms with Crippen molar-refractivity contribution in [1.29, 1.82) is 0 Å². The first-order valence-corrected chi connectivity index (χ1v) is 6.54. The van der Waals surface area contributed by atoms with Crippen molar-refractivity contribution in [2.24, 2.45) is 12.8 Å². The summed E-state index contributed by atoms with van der Waals surface area (Å²) in [4.78, 5) is 0. The van der Waals surface area contributed by atoms with Gasteiger partial charge in [-0.2, -0.15) is 0 Å². The maximum atomic E-state index is 14.7. The van der Waals surface area contributed by atoms with Gasteiger partial charge in [0.05, 0.1) is 5.52 Å². The Kier molecular flexibility index (Phi) is 2.49. The standard InChI is InChI=1S/C15H19FN2/c1-10-8-11-13(18(10)2)5-4-12(14(11)16)15(9-17)6-3-7-15/h4-5,8H,3,6-7,9,17H2,1-2H3. The molecule has 2 nitrogen and oxygen atoms in total. The summed E-state index contributed by atoms with van der Waals surface area (Å²) < 4.78 is 16.7. The molecule has 0 amide bonds. The first kappa shape index (κ1) is 11.7. The van der Waals surface area contributed by atoms with Gasteiger partial charge in [-0.1, -0.05) is 12.5 Å². The van der Waals surface area contributed by atoms with E-state index >= 15 is 0 Å². The summed E-state index contributed by atoms with van der Waals surface area (Å²) in [6, 6.07) is 5.89. The molecule has 0 aliphatic heterocycles. The van der Waals surface area contributed by atoms with Crippen LogP contribution in [0.2, 0.25) is 0 Å². The lowest BCUT2D eigenvalue weighted by atomic mass is 9.64. The zero-order valence-corrected chi connectivity index (χ0v) is 11.0. The summed E-state index contributed by atoms with van der Waals surface area (Å²) in [5, 5.41) is 0.729. The van der Waals surface area contributed by atoms with Crippen molar-refractivity contribution in [2.45, 2.75) is 31.6 Å². The molecule has 1 aromatic carbocycles. The average molecular weight is 246 g/mol. The smallest absolute Gasteiger partial charge is 0.136 e. The molecule has 1 heterocycles. The molecule has 1 aliphatic carbocycles. The van der Waals surface area contributed by atoms with Gasteiger partial charge in [0.15, 0.2) is 0 Å². The van der Waals surface area contributed by atoms with Gasteiger partial charge in [0.2, 0.25) is 0 Å². The van der Waals surface area contributed by atoms with Crippen LogP contribution in [0.15, 0.2) is 18.2 Å². The van der Waals surface area contributed by atoms with E-state index in [9.17, 15) is 4.39 Å². The van der Waals surface area contributed by atoms with Gasteiger partial charge in [0.1, 0.15) is 5.82 Å². The topological polar surface area (TPSA) is 30.9 Å². The van der Waals surface area contributed by atoms with Gasteiger partial charge in [-0.15, -0.1) is 0 Å². The molecule has 2 aromatic rings. The second-order valence-electron chi connectivity index (χ2n) is 5.54. The quantitative estimate of drug-likeness (QED) is 0.867. The average Bonchev–Trinajstić information content (AvgIpc) is 2.59. The van der Waals surface area contributed by atoms with Gasteiger partial charge >= 0.3 is 0 Å². The van der Waals surface area contributed by atoms with Crippen LogP contribution in [-0.4, -0.2) is 11.1 Å². The van der Waals surface area contributed by atoms with E-state index in [0.717, 1.165) is 41.4 Å². The Labute approximate surface area is 107 Å². The van der Waals surface area contributed by atoms with E-state index in [2.05, 4.69) is 0 Å². The van der Waals surface area contributed by atoms with Crippen LogP contribution in [0.4, 0.5) is 4.39 Å². The summed E-state index contributed by atoms with van der Waals surface area (Å²) in [5.41, 5.74) is 8.62. The van der Waals surface area contributed by atoms with Crippen molar-refractivity contribution in [3.05, 3.63) is 35.3 Å². The molecule has 1 saturated carbocycles. The molecule has 0 unspecified atom stereocenters. The fourth-order valence-electron chi connectivity index (χ4n) is 3.10. The van der Waals surface area contributed by atoms with Gasteiger partial charge < -0.3 is 10.3 Å². The summed E-state index contributed by atoms with van der Waals surface area (Å²) in [6.45, 7) is 2.54. The number of fused-ring (bicyclic) bond motifs is 1. The Morgan fingerprint density at radius 1 is 1.39 bits per heavy atom. The predicted octanol–water partition coefficient (Wildman–Crippen LogP) is 3.01. The molecular weight excluding hydrogens is 227 g/mol. The molecule has 0 saturated heterocycles. The fourth-order valence-corrected chi connectivity index (χ4v) is 3.10. The molecule has 1 aromatic heterocycles. The molecule has 0 radical (unpaired) electrons. The fraction of sp³-hybridized carbons (Fsp3) is 0.467. The van der Waals surface area contributed by atoms with Gasteiger partial charge in [-0.3, -0.25) is 0 Å². The number of benzene rings is 1. The zero-order chi connectivity index (χ0) is 12.9. The minimum atomic E-state index is -0.109. The number of halogens is 1. The van der Waals surface area contributed by atoms with Crippen LogP contribution >= 0.6 is 0 Å². The Bertz CT molecular complexity index is 603. The Balaban J connectivity index is 2.23. The van der Waals surface area contributed by atoms with Crippen LogP contribution in [0, 0.1) is 12.7 Å². The van der Waals surface area contributed by atoms with E-state index < -0.39 is 0 Å². The largest absolute Gasteiger partial charge is 0.348 e. The van der Waals surface area contributed by atoms with Gasteiger partial charge in [-0.25, -0.2) is 4.39 Å². The first-order chi connectivity index (χ1) is 8.59. The van der Waals surface area contributed by atoms with Crippen LogP contribution < -0.4 is 5.73 Å². The Hall–Kier alpha value is -1.35. The molecule has 0 spiro atoms. The molecule has 18 heavy (non-hydrogen) atoms. The Morgan fingerprint density at radius 3 is 2.67 bits per heavy atom. The van der Waals surface area contributed by atoms with Crippen LogP contribution in [0.5, 0.6) is 0 Å². The van der Waals surface area contributed by atoms with E-state index in [1.54, 1.807) is 0 Å². The highest BCUT2D eigenvalue weighted by molar-refractivity contribution is 5.83. The highest BCUT2D eigenvalue weighted by atomic mass is 19.1. The monoisotopic (exact) mass is 246 g/mol. The van der Waals surface area contributed by atoms with Crippen molar-refractivity contribution >= 4 is 10.9 Å². The van der Waals surface area contributed by atoms with Crippen LogP contribution in [0.25, 0.3) is 10.9 Å². The molecule has 1 aliphatic rings. The number of nitrogens with zero attached hydrogens (tertiary/aromatic N) is 1. The van der Waals surface area contributed by atoms with Gasteiger partial charge in [0, 0.05) is 30.1 Å². The van der Waals surface area contributed by atoms with Gasteiger partial charge in [-0.05, 0) is 37.5 Å². The maximum Gasteiger partial charge on any atom is 0.136 e. The second-order valence-corrected chi connectivity index (χ2v) is 5.54. The van der Waals surface area contributed by atoms with E-state index in [-0.39, 0.29) is 11.2 Å². The maximum absolute atomic E-state index is 14.7. The number of aryl methyl sites for hydroxylation is 2. The molecule has 3 heteroatoms. The lowest BCUT2D eigenvalue weighted by Crippen LogP contribution is -2.42. The third-order valence-corrected chi connectivity index (χ3v) is 4.67. The number of hydrogen-bond acceptors (Lipinski definition) is 1. The molecule has 0 bridgehead atoms. The van der Waals surface area contributed by atoms with E-state index in [0.29, 0.717) is 6.54 Å². The third kappa shape index (κ3) is 1.37. The van der Waals surface area contributed by atoms with Crippen LogP contribution in [0.3, 0.4) is 0 Å². The molecular formula is C15H19FN2. The molecule has 3 rings (SSSR count). The minimum Gasteiger partial charge on any atom is -0.348 e. The highest BCUT2D eigenvalue weighted by Crippen LogP contribution is 2.45. The van der Waals surface area contributed by atoms with Crippen LogP contribution in [-0.2, 0) is 12.5 Å². The van der Waals surface area contributed by atoms with Crippen molar-refractivity contribution < 1.29 is 4.39 Å². The van der Waals surface area contributed by atoms with Crippen molar-refractivity contribution in [2.75, 3.05) is 6.54 Å². The minimum absolute atomic E-state index is 0.0682. The molecule has 96 valence electrons. The van der Waals surface area contributed by atoms with E-state index in [1.807, 2.05) is 36.7 Å². The molecule has 0 atom stereocenters. The SMILES string of the molecule is Cc1cc2c(F)c(C3(CN)CCC3)ccc2n1C. The molecule has 1 fully saturated rings. The Morgan fingerprint density at radius 2 is 2.11 bits per heavy atom. The normalized spacial score (nSPS) is 18.0. The lowest BCUT2D eigenvalue weighted by Gasteiger charge is -2.41. The summed E-state index contributed by atoms with van der Waals surface area (Å²) in [7, 11) is 1.97. The van der Waals surface area contributed by atoms with E-state index in [4.69, 9.17) is 5.73 Å². The van der Waals surface area contributed by atoms with E-state index in [1.165, 1.54) is 0 Å². The summed E-state index contributed by atoms with van der Waals surface area (Å²) in [5.74, 6) is -0.0682. The third-order valence-electron chi connectivity index (χ3n) is 4.67. The van der Waals surface area contributed by atoms with Gasteiger partial charge in [0.25, 0.3) is 0 Å². The molecule has 2 N–H and O–H groups in total. The van der Waals surface area contributed by atoms with Crippen molar-refractivity contribution in [1.82, 2.24) is 4.57 Å². The number of hydrogen-bond donors (Lipinski definition) is 1.